The molecule has 4 rings (SSSR count). The van der Waals surface area contributed by atoms with Crippen molar-refractivity contribution in [2.75, 3.05) is 59.0 Å². The van der Waals surface area contributed by atoms with Gasteiger partial charge < -0.3 is 24.8 Å². The van der Waals surface area contributed by atoms with Crippen molar-refractivity contribution in [1.29, 1.82) is 0 Å². The van der Waals surface area contributed by atoms with Gasteiger partial charge in [-0.3, -0.25) is 0 Å². The molecule has 158 valence electrons. The van der Waals surface area contributed by atoms with E-state index in [1.165, 1.54) is 18.4 Å². The summed E-state index contributed by atoms with van der Waals surface area (Å²) in [6.07, 6.45) is 4.68. The van der Waals surface area contributed by atoms with Crippen molar-refractivity contribution in [3.63, 3.8) is 0 Å². The van der Waals surface area contributed by atoms with Crippen LogP contribution in [0.3, 0.4) is 0 Å². The Balaban J connectivity index is 1.28. The molecule has 2 heterocycles. The molecule has 0 atom stereocenters. The molecule has 1 aromatic carbocycles. The van der Waals surface area contributed by atoms with Crippen molar-refractivity contribution in [2.24, 2.45) is 0 Å². The molecule has 2 aliphatic heterocycles. The second-order valence-electron chi connectivity index (χ2n) is 8.37. The minimum absolute atomic E-state index is 0.00863. The number of amides is 4. The minimum atomic E-state index is -0.00863. The number of urea groups is 2. The molecular weight excluding hydrogens is 368 g/mol. The molecule has 3 aliphatic rings. The van der Waals surface area contributed by atoms with E-state index in [1.807, 2.05) is 20.8 Å². The van der Waals surface area contributed by atoms with E-state index in [0.29, 0.717) is 59.0 Å². The molecule has 29 heavy (non-hydrogen) atoms. The molecular formula is C22H32N4O3. The van der Waals surface area contributed by atoms with Crippen molar-refractivity contribution < 1.29 is 14.3 Å². The highest BCUT2D eigenvalue weighted by atomic mass is 16.5. The van der Waals surface area contributed by atoms with E-state index in [1.54, 1.807) is 0 Å². The van der Waals surface area contributed by atoms with Gasteiger partial charge >= 0.3 is 12.1 Å². The quantitative estimate of drug-likeness (QED) is 0.847. The highest BCUT2D eigenvalue weighted by Gasteiger charge is 2.36. The summed E-state index contributed by atoms with van der Waals surface area (Å²) in [6, 6.07) is 10.7. The van der Waals surface area contributed by atoms with Crippen LogP contribution in [0.25, 0.3) is 0 Å². The smallest absolute Gasteiger partial charge is 0.320 e. The number of nitrogens with one attached hydrogen (secondary N) is 1. The average molecular weight is 401 g/mol. The molecule has 0 aromatic heterocycles. The molecule has 1 aliphatic carbocycles. The molecule has 0 bridgehead atoms. The van der Waals surface area contributed by atoms with Gasteiger partial charge in [0.1, 0.15) is 0 Å². The maximum atomic E-state index is 12.8. The molecule has 7 nitrogen and oxygen atoms in total. The summed E-state index contributed by atoms with van der Waals surface area (Å²) in [4.78, 5) is 30.9. The minimum Gasteiger partial charge on any atom is -0.378 e. The molecule has 4 amide bonds. The average Bonchev–Trinajstić information content (AvgIpc) is 3.28. The van der Waals surface area contributed by atoms with Gasteiger partial charge in [0.15, 0.2) is 0 Å². The van der Waals surface area contributed by atoms with Crippen molar-refractivity contribution in [2.45, 2.75) is 31.1 Å². The van der Waals surface area contributed by atoms with Crippen LogP contribution in [0.15, 0.2) is 30.3 Å². The van der Waals surface area contributed by atoms with E-state index in [-0.39, 0.29) is 17.5 Å². The number of hydrogen-bond donors (Lipinski definition) is 1. The van der Waals surface area contributed by atoms with Crippen LogP contribution >= 0.6 is 0 Å². The number of ether oxygens (including phenoxy) is 1. The molecule has 1 N–H and O–H groups in total. The van der Waals surface area contributed by atoms with Crippen LogP contribution in [0.1, 0.15) is 31.2 Å². The summed E-state index contributed by atoms with van der Waals surface area (Å²) in [5, 5.41) is 3.20. The molecule has 7 heteroatoms. The first kappa shape index (κ1) is 20.0. The molecule has 0 spiro atoms. The van der Waals surface area contributed by atoms with Crippen molar-refractivity contribution >= 4 is 12.1 Å². The van der Waals surface area contributed by atoms with Crippen LogP contribution in [0.2, 0.25) is 0 Å². The maximum absolute atomic E-state index is 12.8. The van der Waals surface area contributed by atoms with Crippen LogP contribution in [0, 0.1) is 0 Å². The van der Waals surface area contributed by atoms with Crippen molar-refractivity contribution in [3.8, 4) is 0 Å². The van der Waals surface area contributed by atoms with Crippen LogP contribution in [0.4, 0.5) is 9.59 Å². The SMILES string of the molecule is O=C(NCC1(c2ccccc2)CCCC1)N1CCN(C(=O)N2CCOCC2)CC1. The fourth-order valence-electron chi connectivity index (χ4n) is 4.82. The Bertz CT molecular complexity index is 691. The molecule has 1 aromatic rings. The topological polar surface area (TPSA) is 65.1 Å². The van der Waals surface area contributed by atoms with E-state index in [0.717, 1.165) is 12.8 Å². The van der Waals surface area contributed by atoms with Gasteiger partial charge in [-0.1, -0.05) is 43.2 Å². The summed E-state index contributed by atoms with van der Waals surface area (Å²) in [5.41, 5.74) is 1.39. The summed E-state index contributed by atoms with van der Waals surface area (Å²) < 4.78 is 5.32. The Hall–Kier alpha value is -2.28. The third-order valence-corrected chi connectivity index (χ3v) is 6.64. The fourth-order valence-corrected chi connectivity index (χ4v) is 4.82. The third kappa shape index (κ3) is 4.50. The zero-order valence-electron chi connectivity index (χ0n) is 17.1. The summed E-state index contributed by atoms with van der Waals surface area (Å²) >= 11 is 0. The number of benzene rings is 1. The second-order valence-corrected chi connectivity index (χ2v) is 8.37. The van der Waals surface area contributed by atoms with E-state index in [9.17, 15) is 9.59 Å². The molecule has 0 radical (unpaired) electrons. The third-order valence-electron chi connectivity index (χ3n) is 6.64. The Morgan fingerprint density at radius 1 is 0.862 bits per heavy atom. The van der Waals surface area contributed by atoms with E-state index in [2.05, 4.69) is 29.6 Å². The number of morpholine rings is 1. The van der Waals surface area contributed by atoms with Crippen LogP contribution in [-0.4, -0.2) is 85.8 Å². The fraction of sp³-hybridized carbons (Fsp3) is 0.636. The van der Waals surface area contributed by atoms with Gasteiger partial charge in [-0.25, -0.2) is 9.59 Å². The normalized spacial score (nSPS) is 21.9. The van der Waals surface area contributed by atoms with Crippen LogP contribution < -0.4 is 5.32 Å². The predicted molar refractivity (Wildman–Crippen MR) is 111 cm³/mol. The number of carbonyl (C=O) groups is 2. The van der Waals surface area contributed by atoms with Gasteiger partial charge in [0.25, 0.3) is 0 Å². The first-order valence-corrected chi connectivity index (χ1v) is 10.9. The predicted octanol–water partition coefficient (Wildman–Crippen LogP) is 2.28. The number of rotatable bonds is 3. The zero-order valence-corrected chi connectivity index (χ0v) is 17.1. The van der Waals surface area contributed by atoms with Gasteiger partial charge in [-0.2, -0.15) is 0 Å². The summed E-state index contributed by atoms with van der Waals surface area (Å²) in [5.74, 6) is 0. The Morgan fingerprint density at radius 2 is 1.45 bits per heavy atom. The van der Waals surface area contributed by atoms with Crippen LogP contribution in [0.5, 0.6) is 0 Å². The van der Waals surface area contributed by atoms with Crippen LogP contribution in [-0.2, 0) is 10.2 Å². The first-order chi connectivity index (χ1) is 14.2. The lowest BCUT2D eigenvalue weighted by molar-refractivity contribution is 0.0392. The van der Waals surface area contributed by atoms with E-state index < -0.39 is 0 Å². The first-order valence-electron chi connectivity index (χ1n) is 10.9. The number of hydrogen-bond acceptors (Lipinski definition) is 3. The van der Waals surface area contributed by atoms with Crippen molar-refractivity contribution in [3.05, 3.63) is 35.9 Å². The summed E-state index contributed by atoms with van der Waals surface area (Å²) in [6.45, 7) is 5.56. The van der Waals surface area contributed by atoms with Gasteiger partial charge in [0.05, 0.1) is 13.2 Å². The van der Waals surface area contributed by atoms with Crippen molar-refractivity contribution in [1.82, 2.24) is 20.0 Å². The van der Waals surface area contributed by atoms with Gasteiger partial charge in [0.2, 0.25) is 0 Å². The maximum Gasteiger partial charge on any atom is 0.320 e. The Kier molecular flexibility index (Phi) is 6.23. The molecule has 0 unspecified atom stereocenters. The van der Waals surface area contributed by atoms with Gasteiger partial charge in [0, 0.05) is 51.2 Å². The standard InChI is InChI=1S/C22H32N4O3/c27-20(23-18-22(8-4-5-9-22)19-6-2-1-3-7-19)24-10-12-25(13-11-24)21(28)26-14-16-29-17-15-26/h1-3,6-7H,4-5,8-18H2,(H,23,27). The second kappa shape index (κ2) is 9.03. The molecule has 3 fully saturated rings. The van der Waals surface area contributed by atoms with E-state index in [4.69, 9.17) is 4.74 Å². The largest absolute Gasteiger partial charge is 0.378 e. The van der Waals surface area contributed by atoms with E-state index >= 15 is 0 Å². The highest BCUT2D eigenvalue weighted by molar-refractivity contribution is 5.77. The lowest BCUT2D eigenvalue weighted by atomic mass is 9.79. The lowest BCUT2D eigenvalue weighted by Crippen LogP contribution is -2.57. The Morgan fingerprint density at radius 3 is 2.10 bits per heavy atom. The Labute approximate surface area is 173 Å². The lowest BCUT2D eigenvalue weighted by Gasteiger charge is -2.39. The summed E-state index contributed by atoms with van der Waals surface area (Å²) in [7, 11) is 0. The number of nitrogens with zero attached hydrogens (tertiary/aromatic N) is 3. The monoisotopic (exact) mass is 400 g/mol. The van der Waals surface area contributed by atoms with Gasteiger partial charge in [-0.05, 0) is 18.4 Å². The molecule has 1 saturated carbocycles. The number of carbonyl (C=O) groups excluding carboxylic acids is 2. The zero-order chi connectivity index (χ0) is 20.1. The van der Waals surface area contributed by atoms with Gasteiger partial charge in [-0.15, -0.1) is 0 Å². The highest BCUT2D eigenvalue weighted by Crippen LogP contribution is 2.40. The number of piperazine rings is 1. The molecule has 2 saturated heterocycles.